The van der Waals surface area contributed by atoms with Gasteiger partial charge in [0, 0.05) is 19.0 Å². The fourth-order valence-electron chi connectivity index (χ4n) is 3.55. The minimum atomic E-state index is -0.350. The van der Waals surface area contributed by atoms with Gasteiger partial charge in [0.15, 0.2) is 0 Å². The molecule has 0 aromatic heterocycles. The molecule has 0 amide bonds. The molecule has 0 fully saturated rings. The van der Waals surface area contributed by atoms with E-state index < -0.39 is 0 Å². The Morgan fingerprint density at radius 1 is 0.788 bits per heavy atom. The molecule has 0 heterocycles. The smallest absolute Gasteiger partial charge is 0.308 e. The van der Waals surface area contributed by atoms with Gasteiger partial charge in [0.05, 0.1) is 5.03 Å². The van der Waals surface area contributed by atoms with Crippen molar-refractivity contribution >= 4 is 28.2 Å². The Bertz CT molecular complexity index is 1060. The maximum Gasteiger partial charge on any atom is 0.308 e. The van der Waals surface area contributed by atoms with E-state index in [1.807, 2.05) is 66.7 Å². The first-order valence-electron chi connectivity index (χ1n) is 11.2. The maximum absolute atomic E-state index is 11.3. The van der Waals surface area contributed by atoms with Crippen LogP contribution in [-0.2, 0) is 4.79 Å². The SMILES string of the molecule is CCN(CC)CCOc1ccc(/C(=C(/Cl)c2ccccc2)c2ccc(OC(C)=O)cc2)cc1. The molecule has 0 aliphatic heterocycles. The van der Waals surface area contributed by atoms with E-state index in [1.54, 1.807) is 12.1 Å². The van der Waals surface area contributed by atoms with Crippen LogP contribution in [0.25, 0.3) is 10.6 Å². The number of rotatable bonds is 10. The van der Waals surface area contributed by atoms with Gasteiger partial charge in [-0.15, -0.1) is 0 Å². The molecule has 33 heavy (non-hydrogen) atoms. The normalized spacial score (nSPS) is 11.8. The number of benzene rings is 3. The first kappa shape index (κ1) is 24.6. The molecule has 0 saturated heterocycles. The van der Waals surface area contributed by atoms with Crippen molar-refractivity contribution < 1.29 is 14.3 Å². The van der Waals surface area contributed by atoms with Crippen LogP contribution in [0.5, 0.6) is 11.5 Å². The molecule has 0 aliphatic rings. The van der Waals surface area contributed by atoms with E-state index in [1.165, 1.54) is 6.92 Å². The largest absolute Gasteiger partial charge is 0.492 e. The second-order valence-electron chi connectivity index (χ2n) is 7.57. The monoisotopic (exact) mass is 463 g/mol. The summed E-state index contributed by atoms with van der Waals surface area (Å²) < 4.78 is 11.1. The average Bonchev–Trinajstić information content (AvgIpc) is 2.84. The Morgan fingerprint density at radius 2 is 1.33 bits per heavy atom. The van der Waals surface area contributed by atoms with Crippen LogP contribution in [0.2, 0.25) is 0 Å². The number of halogens is 1. The summed E-state index contributed by atoms with van der Waals surface area (Å²) in [5.41, 5.74) is 3.72. The lowest BCUT2D eigenvalue weighted by molar-refractivity contribution is -0.131. The first-order chi connectivity index (χ1) is 16.0. The number of hydrogen-bond acceptors (Lipinski definition) is 4. The minimum Gasteiger partial charge on any atom is -0.492 e. The summed E-state index contributed by atoms with van der Waals surface area (Å²) in [5, 5.41) is 0.644. The summed E-state index contributed by atoms with van der Waals surface area (Å²) in [6.07, 6.45) is 0. The second kappa shape index (κ2) is 12.2. The van der Waals surface area contributed by atoms with Crippen LogP contribution in [-0.4, -0.2) is 37.1 Å². The van der Waals surface area contributed by atoms with Gasteiger partial charge in [0.1, 0.15) is 18.1 Å². The van der Waals surface area contributed by atoms with E-state index in [2.05, 4.69) is 18.7 Å². The van der Waals surface area contributed by atoms with E-state index in [-0.39, 0.29) is 5.97 Å². The van der Waals surface area contributed by atoms with Gasteiger partial charge in [-0.3, -0.25) is 4.79 Å². The summed E-state index contributed by atoms with van der Waals surface area (Å²) in [6.45, 7) is 9.27. The van der Waals surface area contributed by atoms with Crippen LogP contribution < -0.4 is 9.47 Å². The third-order valence-electron chi connectivity index (χ3n) is 5.36. The Hall–Kier alpha value is -3.08. The highest BCUT2D eigenvalue weighted by atomic mass is 35.5. The van der Waals surface area contributed by atoms with E-state index in [0.29, 0.717) is 17.4 Å². The van der Waals surface area contributed by atoms with Gasteiger partial charge in [0.25, 0.3) is 0 Å². The maximum atomic E-state index is 11.3. The fraction of sp³-hybridized carbons (Fsp3) is 0.250. The number of nitrogens with zero attached hydrogens (tertiary/aromatic N) is 1. The van der Waals surface area contributed by atoms with E-state index >= 15 is 0 Å². The zero-order valence-electron chi connectivity index (χ0n) is 19.4. The molecule has 172 valence electrons. The summed E-state index contributed by atoms with van der Waals surface area (Å²) in [5.74, 6) is 0.974. The Morgan fingerprint density at radius 3 is 1.85 bits per heavy atom. The number of hydrogen-bond donors (Lipinski definition) is 0. The predicted octanol–water partition coefficient (Wildman–Crippen LogP) is 6.49. The second-order valence-corrected chi connectivity index (χ2v) is 7.95. The van der Waals surface area contributed by atoms with E-state index in [9.17, 15) is 4.79 Å². The van der Waals surface area contributed by atoms with Gasteiger partial charge in [0.2, 0.25) is 0 Å². The number of carbonyl (C=O) groups excluding carboxylic acids is 1. The van der Waals surface area contributed by atoms with Crippen LogP contribution in [0.1, 0.15) is 37.5 Å². The molecular weight excluding hydrogens is 434 g/mol. The van der Waals surface area contributed by atoms with Gasteiger partial charge in [-0.2, -0.15) is 0 Å². The molecule has 0 saturated carbocycles. The van der Waals surface area contributed by atoms with Gasteiger partial charge in [-0.25, -0.2) is 0 Å². The highest BCUT2D eigenvalue weighted by molar-refractivity contribution is 6.53. The molecule has 0 bridgehead atoms. The third kappa shape index (κ3) is 6.95. The van der Waals surface area contributed by atoms with Gasteiger partial charge < -0.3 is 14.4 Å². The topological polar surface area (TPSA) is 38.8 Å². The highest BCUT2D eigenvalue weighted by Gasteiger charge is 2.13. The van der Waals surface area contributed by atoms with Crippen molar-refractivity contribution in [3.8, 4) is 11.5 Å². The molecule has 0 radical (unpaired) electrons. The Kier molecular flexibility index (Phi) is 9.11. The lowest BCUT2D eigenvalue weighted by Gasteiger charge is -2.18. The summed E-state index contributed by atoms with van der Waals surface area (Å²) >= 11 is 6.91. The minimum absolute atomic E-state index is 0.350. The number of esters is 1. The predicted molar refractivity (Wildman–Crippen MR) is 136 cm³/mol. The summed E-state index contributed by atoms with van der Waals surface area (Å²) in [4.78, 5) is 13.6. The zero-order chi connectivity index (χ0) is 23.6. The Balaban J connectivity index is 1.89. The number of ether oxygens (including phenoxy) is 2. The van der Waals surface area contributed by atoms with Gasteiger partial charge >= 0.3 is 5.97 Å². The third-order valence-corrected chi connectivity index (χ3v) is 5.77. The lowest BCUT2D eigenvalue weighted by atomic mass is 9.95. The van der Waals surface area contributed by atoms with Crippen molar-refractivity contribution in [2.24, 2.45) is 0 Å². The Labute approximate surface area is 201 Å². The van der Waals surface area contributed by atoms with Crippen molar-refractivity contribution in [2.45, 2.75) is 20.8 Å². The summed E-state index contributed by atoms with van der Waals surface area (Å²) in [7, 11) is 0. The highest BCUT2D eigenvalue weighted by Crippen LogP contribution is 2.36. The fourth-order valence-corrected chi connectivity index (χ4v) is 3.90. The summed E-state index contributed by atoms with van der Waals surface area (Å²) in [6, 6.07) is 25.2. The molecule has 0 N–H and O–H groups in total. The first-order valence-corrected chi connectivity index (χ1v) is 11.6. The average molecular weight is 464 g/mol. The van der Waals surface area contributed by atoms with Crippen LogP contribution in [0.4, 0.5) is 0 Å². The molecule has 0 unspecified atom stereocenters. The van der Waals surface area contributed by atoms with Crippen LogP contribution >= 0.6 is 11.6 Å². The molecule has 0 aliphatic carbocycles. The van der Waals surface area contributed by atoms with Crippen LogP contribution in [0, 0.1) is 0 Å². The van der Waals surface area contributed by atoms with E-state index in [4.69, 9.17) is 21.1 Å². The zero-order valence-corrected chi connectivity index (χ0v) is 20.1. The molecule has 4 nitrogen and oxygen atoms in total. The van der Waals surface area contributed by atoms with E-state index in [0.717, 1.165) is 47.6 Å². The molecule has 3 aromatic carbocycles. The van der Waals surface area contributed by atoms with Crippen molar-refractivity contribution in [3.63, 3.8) is 0 Å². The van der Waals surface area contributed by atoms with Crippen molar-refractivity contribution in [1.82, 2.24) is 4.90 Å². The van der Waals surface area contributed by atoms with Crippen molar-refractivity contribution in [3.05, 3.63) is 95.6 Å². The quantitative estimate of drug-likeness (QED) is 0.196. The van der Waals surface area contributed by atoms with Crippen LogP contribution in [0.15, 0.2) is 78.9 Å². The number of likely N-dealkylation sites (N-methyl/N-ethyl adjacent to an activating group) is 1. The molecule has 0 spiro atoms. The van der Waals surface area contributed by atoms with Gasteiger partial charge in [-0.05, 0) is 54.0 Å². The molecular formula is C28H30ClNO3. The molecule has 3 aromatic rings. The van der Waals surface area contributed by atoms with Gasteiger partial charge in [-0.1, -0.05) is 80.0 Å². The van der Waals surface area contributed by atoms with Crippen molar-refractivity contribution in [2.75, 3.05) is 26.2 Å². The number of carbonyl (C=O) groups is 1. The van der Waals surface area contributed by atoms with Crippen LogP contribution in [0.3, 0.4) is 0 Å². The molecule has 5 heteroatoms. The van der Waals surface area contributed by atoms with Crippen molar-refractivity contribution in [1.29, 1.82) is 0 Å². The standard InChI is InChI=1S/C28H30ClNO3/c1-4-30(5-2)19-20-32-25-15-11-22(12-16-25)27(28(29)24-9-7-6-8-10-24)23-13-17-26(18-14-23)33-21(3)31/h6-18H,4-5,19-20H2,1-3H3/b28-27-. The molecule has 0 atom stereocenters. The lowest BCUT2D eigenvalue weighted by Crippen LogP contribution is -2.27. The molecule has 3 rings (SSSR count).